The monoisotopic (exact) mass is 395 g/mol. The van der Waals surface area contributed by atoms with Gasteiger partial charge < -0.3 is 14.2 Å². The van der Waals surface area contributed by atoms with E-state index < -0.39 is 11.7 Å². The number of aliphatic imine (C=N–C) groups is 1. The average Bonchev–Trinajstić information content (AvgIpc) is 3.17. The van der Waals surface area contributed by atoms with Gasteiger partial charge in [-0.15, -0.1) is 6.58 Å². The van der Waals surface area contributed by atoms with Gasteiger partial charge in [-0.05, 0) is 31.3 Å². The summed E-state index contributed by atoms with van der Waals surface area (Å²) < 4.78 is 54.0. The molecule has 152 valence electrons. The predicted molar refractivity (Wildman–Crippen MR) is 105 cm³/mol. The van der Waals surface area contributed by atoms with Gasteiger partial charge in [-0.25, -0.2) is 0 Å². The number of rotatable bonds is 4. The van der Waals surface area contributed by atoms with Crippen molar-refractivity contribution in [3.8, 4) is 23.0 Å². The first kappa shape index (κ1) is 23.1. The molecule has 2 aromatic carbocycles. The van der Waals surface area contributed by atoms with E-state index in [1.54, 1.807) is 0 Å². The molecule has 0 aliphatic carbocycles. The SMILES string of the molecule is C=CCC.C=Nc1cc(Oc2cccc(C(F)(F)F)c2)cc2c1OCO2.CC. The first-order valence-corrected chi connectivity index (χ1v) is 8.75. The number of allylic oxidation sites excluding steroid dienone is 1. The third-order valence-corrected chi connectivity index (χ3v) is 3.28. The molecule has 0 saturated heterocycles. The van der Waals surface area contributed by atoms with Crippen LogP contribution in [0.15, 0.2) is 54.0 Å². The number of alkyl halides is 3. The summed E-state index contributed by atoms with van der Waals surface area (Å²) >= 11 is 0. The smallest absolute Gasteiger partial charge is 0.416 e. The van der Waals surface area contributed by atoms with Gasteiger partial charge in [0.05, 0.1) is 5.56 Å². The summed E-state index contributed by atoms with van der Waals surface area (Å²) in [6, 6.07) is 7.64. The molecule has 3 rings (SSSR count). The van der Waals surface area contributed by atoms with Crippen molar-refractivity contribution in [1.82, 2.24) is 0 Å². The highest BCUT2D eigenvalue weighted by atomic mass is 19.4. The maximum atomic E-state index is 12.7. The molecule has 0 atom stereocenters. The van der Waals surface area contributed by atoms with Crippen LogP contribution in [0.4, 0.5) is 18.9 Å². The Morgan fingerprint density at radius 3 is 2.39 bits per heavy atom. The Hall–Kier alpha value is -2.96. The number of hydrogen-bond acceptors (Lipinski definition) is 4. The van der Waals surface area contributed by atoms with E-state index in [9.17, 15) is 13.2 Å². The van der Waals surface area contributed by atoms with E-state index in [1.807, 2.05) is 19.9 Å². The van der Waals surface area contributed by atoms with Crippen LogP contribution >= 0.6 is 0 Å². The fraction of sp³-hybridized carbons (Fsp3) is 0.286. The third-order valence-electron chi connectivity index (χ3n) is 3.28. The van der Waals surface area contributed by atoms with Crippen LogP contribution in [0.5, 0.6) is 23.0 Å². The highest BCUT2D eigenvalue weighted by Gasteiger charge is 2.30. The fourth-order valence-corrected chi connectivity index (χ4v) is 2.02. The van der Waals surface area contributed by atoms with Crippen LogP contribution in [-0.2, 0) is 6.18 Å². The van der Waals surface area contributed by atoms with E-state index >= 15 is 0 Å². The average molecular weight is 395 g/mol. The first-order chi connectivity index (χ1) is 13.4. The molecular weight excluding hydrogens is 371 g/mol. The zero-order chi connectivity index (χ0) is 21.2. The van der Waals surface area contributed by atoms with Crippen molar-refractivity contribution >= 4 is 12.4 Å². The minimum Gasteiger partial charge on any atom is -0.457 e. The highest BCUT2D eigenvalue weighted by Crippen LogP contribution is 2.45. The molecule has 1 heterocycles. The molecule has 0 N–H and O–H groups in total. The molecule has 1 aliphatic rings. The Balaban J connectivity index is 0.000000583. The van der Waals surface area contributed by atoms with Gasteiger partial charge >= 0.3 is 6.18 Å². The zero-order valence-corrected chi connectivity index (χ0v) is 16.2. The lowest BCUT2D eigenvalue weighted by Gasteiger charge is -2.11. The Kier molecular flexibility index (Phi) is 9.08. The molecule has 1 aliphatic heterocycles. The van der Waals surface area contributed by atoms with E-state index in [1.165, 1.54) is 24.3 Å². The van der Waals surface area contributed by atoms with Gasteiger partial charge in [-0.2, -0.15) is 13.2 Å². The fourth-order valence-electron chi connectivity index (χ4n) is 2.02. The van der Waals surface area contributed by atoms with Gasteiger partial charge in [0.2, 0.25) is 6.79 Å². The molecule has 0 aromatic heterocycles. The van der Waals surface area contributed by atoms with E-state index in [4.69, 9.17) is 14.2 Å². The Morgan fingerprint density at radius 1 is 1.14 bits per heavy atom. The number of fused-ring (bicyclic) bond motifs is 1. The molecule has 0 spiro atoms. The minimum atomic E-state index is -4.43. The van der Waals surface area contributed by atoms with Crippen LogP contribution < -0.4 is 14.2 Å². The summed E-state index contributed by atoms with van der Waals surface area (Å²) in [6.45, 7) is 13.0. The molecule has 0 radical (unpaired) electrons. The Morgan fingerprint density at radius 2 is 1.82 bits per heavy atom. The van der Waals surface area contributed by atoms with Gasteiger partial charge in [-0.1, -0.05) is 32.9 Å². The normalized spacial score (nSPS) is 11.4. The van der Waals surface area contributed by atoms with Crippen LogP contribution in [0.2, 0.25) is 0 Å². The lowest BCUT2D eigenvalue weighted by molar-refractivity contribution is -0.137. The molecule has 0 bridgehead atoms. The second kappa shape index (κ2) is 11.0. The van der Waals surface area contributed by atoms with Gasteiger partial charge in [0, 0.05) is 12.1 Å². The topological polar surface area (TPSA) is 40.0 Å². The van der Waals surface area contributed by atoms with Crippen molar-refractivity contribution in [3.63, 3.8) is 0 Å². The number of ether oxygens (including phenoxy) is 3. The maximum absolute atomic E-state index is 12.7. The van der Waals surface area contributed by atoms with Crippen LogP contribution in [0.3, 0.4) is 0 Å². The highest BCUT2D eigenvalue weighted by molar-refractivity contribution is 5.66. The molecule has 0 amide bonds. The van der Waals surface area contributed by atoms with Crippen molar-refractivity contribution in [1.29, 1.82) is 0 Å². The van der Waals surface area contributed by atoms with E-state index in [-0.39, 0.29) is 18.3 Å². The molecular formula is C21H24F3NO3. The number of nitrogens with zero attached hydrogens (tertiary/aromatic N) is 1. The molecule has 0 saturated carbocycles. The summed E-state index contributed by atoms with van der Waals surface area (Å²) in [5.74, 6) is 1.19. The van der Waals surface area contributed by atoms with Crippen molar-refractivity contribution < 1.29 is 27.4 Å². The number of halogens is 3. The standard InChI is InChI=1S/C15H10F3NO3.C4H8.C2H6/c1-19-12-6-11(7-13-14(12)21-8-20-13)22-10-4-2-3-9(5-10)15(16,17)18;1-3-4-2;1-2/h2-7H,1,8H2;3H,1,4H2,2H3;1-2H3. The molecule has 2 aromatic rings. The van der Waals surface area contributed by atoms with Crippen molar-refractivity contribution in [2.24, 2.45) is 4.99 Å². The molecule has 0 unspecified atom stereocenters. The van der Waals surface area contributed by atoms with E-state index in [0.717, 1.165) is 18.6 Å². The molecule has 4 nitrogen and oxygen atoms in total. The van der Waals surface area contributed by atoms with Gasteiger partial charge in [0.25, 0.3) is 0 Å². The molecule has 28 heavy (non-hydrogen) atoms. The summed E-state index contributed by atoms with van der Waals surface area (Å²) in [5, 5.41) is 0. The van der Waals surface area contributed by atoms with Gasteiger partial charge in [0.1, 0.15) is 17.2 Å². The van der Waals surface area contributed by atoms with Crippen LogP contribution in [0.25, 0.3) is 0 Å². The predicted octanol–water partition coefficient (Wildman–Crippen LogP) is 7.17. The lowest BCUT2D eigenvalue weighted by atomic mass is 10.2. The Bertz CT molecular complexity index is 789. The number of benzene rings is 2. The third kappa shape index (κ3) is 6.33. The van der Waals surface area contributed by atoms with Crippen LogP contribution in [-0.4, -0.2) is 13.5 Å². The minimum absolute atomic E-state index is 0.0465. The molecule has 0 fully saturated rings. The van der Waals surface area contributed by atoms with E-state index in [0.29, 0.717) is 17.2 Å². The second-order valence-electron chi connectivity index (χ2n) is 5.16. The van der Waals surface area contributed by atoms with Crippen molar-refractivity contribution in [2.75, 3.05) is 6.79 Å². The largest absolute Gasteiger partial charge is 0.457 e. The Labute approximate surface area is 163 Å². The second-order valence-corrected chi connectivity index (χ2v) is 5.16. The van der Waals surface area contributed by atoms with Gasteiger partial charge in [-0.3, -0.25) is 4.99 Å². The summed E-state index contributed by atoms with van der Waals surface area (Å²) in [7, 11) is 0. The first-order valence-electron chi connectivity index (χ1n) is 8.75. The quantitative estimate of drug-likeness (QED) is 0.407. The van der Waals surface area contributed by atoms with Gasteiger partial charge in [0.15, 0.2) is 11.5 Å². The summed E-state index contributed by atoms with van der Waals surface area (Å²) in [4.78, 5) is 3.79. The van der Waals surface area contributed by atoms with Crippen molar-refractivity contribution in [2.45, 2.75) is 33.4 Å². The maximum Gasteiger partial charge on any atom is 0.416 e. The zero-order valence-electron chi connectivity index (χ0n) is 16.2. The molecule has 7 heteroatoms. The number of hydrogen-bond donors (Lipinski definition) is 0. The summed E-state index contributed by atoms with van der Waals surface area (Å²) in [6.07, 6.45) is -1.47. The van der Waals surface area contributed by atoms with Crippen LogP contribution in [0, 0.1) is 0 Å². The van der Waals surface area contributed by atoms with Crippen molar-refractivity contribution in [3.05, 3.63) is 54.6 Å². The van der Waals surface area contributed by atoms with E-state index in [2.05, 4.69) is 25.2 Å². The summed E-state index contributed by atoms with van der Waals surface area (Å²) in [5.41, 5.74) is -0.384. The lowest BCUT2D eigenvalue weighted by Crippen LogP contribution is -2.04. The van der Waals surface area contributed by atoms with Crippen LogP contribution in [0.1, 0.15) is 32.8 Å².